The first kappa shape index (κ1) is 21.9. The van der Waals surface area contributed by atoms with Crippen molar-refractivity contribution in [3.05, 3.63) is 87.7 Å². The molecule has 0 aliphatic heterocycles. The fourth-order valence-electron chi connectivity index (χ4n) is 2.85. The number of hydrazone groups is 1. The lowest BCUT2D eigenvalue weighted by Gasteiger charge is -2.14. The molecule has 3 aromatic rings. The van der Waals surface area contributed by atoms with Crippen LogP contribution in [0, 0.1) is 24.0 Å². The summed E-state index contributed by atoms with van der Waals surface area (Å²) in [7, 11) is -4.15. The van der Waals surface area contributed by atoms with E-state index in [0.717, 1.165) is 17.2 Å². The third-order valence-corrected chi connectivity index (χ3v) is 5.88. The second-order valence-electron chi connectivity index (χ2n) is 6.89. The first-order valence-corrected chi connectivity index (χ1v) is 10.8. The van der Waals surface area contributed by atoms with E-state index in [4.69, 9.17) is 0 Å². The third kappa shape index (κ3) is 5.23. The van der Waals surface area contributed by atoms with Crippen molar-refractivity contribution in [1.29, 1.82) is 0 Å². The smallest absolute Gasteiger partial charge is 0.270 e. The number of nitro groups is 1. The molecule has 31 heavy (non-hydrogen) atoms. The van der Waals surface area contributed by atoms with Crippen molar-refractivity contribution in [2.75, 3.05) is 10.1 Å². The maximum Gasteiger partial charge on any atom is 0.270 e. The summed E-state index contributed by atoms with van der Waals surface area (Å²) >= 11 is 0. The predicted octanol–water partition coefficient (Wildman–Crippen LogP) is 4.24. The number of sulfonamides is 1. The van der Waals surface area contributed by atoms with Gasteiger partial charge in [0.25, 0.3) is 15.7 Å². The van der Waals surface area contributed by atoms with Crippen molar-refractivity contribution in [2.24, 2.45) is 5.10 Å². The molecule has 1 aromatic heterocycles. The van der Waals surface area contributed by atoms with Crippen LogP contribution in [0.4, 0.5) is 17.1 Å². The number of aromatic nitrogens is 1. The molecule has 0 saturated heterocycles. The summed E-state index contributed by atoms with van der Waals surface area (Å²) in [5, 5.41) is 15.4. The summed E-state index contributed by atoms with van der Waals surface area (Å²) in [6, 6.07) is 14.1. The van der Waals surface area contributed by atoms with E-state index in [1.807, 2.05) is 13.0 Å². The Bertz CT molecular complexity index is 1260. The van der Waals surface area contributed by atoms with Crippen molar-refractivity contribution in [1.82, 2.24) is 4.98 Å². The Balaban J connectivity index is 2.00. The Morgan fingerprint density at radius 1 is 1.06 bits per heavy atom. The number of hydrogen-bond acceptors (Lipinski definition) is 7. The van der Waals surface area contributed by atoms with Gasteiger partial charge in [-0.1, -0.05) is 23.8 Å². The molecule has 9 nitrogen and oxygen atoms in total. The van der Waals surface area contributed by atoms with Crippen LogP contribution in [0.25, 0.3) is 0 Å². The quantitative estimate of drug-likeness (QED) is 0.322. The van der Waals surface area contributed by atoms with Gasteiger partial charge in [0.15, 0.2) is 0 Å². The number of aryl methyl sites for hydroxylation is 2. The lowest BCUT2D eigenvalue weighted by molar-refractivity contribution is -0.385. The molecule has 0 atom stereocenters. The van der Waals surface area contributed by atoms with Crippen LogP contribution in [0.2, 0.25) is 0 Å². The maximum atomic E-state index is 13.1. The van der Waals surface area contributed by atoms with Gasteiger partial charge in [0, 0.05) is 18.3 Å². The van der Waals surface area contributed by atoms with Gasteiger partial charge in [-0.15, -0.1) is 0 Å². The topological polar surface area (TPSA) is 127 Å². The zero-order valence-corrected chi connectivity index (χ0v) is 18.0. The van der Waals surface area contributed by atoms with Crippen LogP contribution >= 0.6 is 0 Å². The van der Waals surface area contributed by atoms with Crippen molar-refractivity contribution >= 4 is 32.8 Å². The molecule has 0 aliphatic carbocycles. The molecule has 0 amide bonds. The van der Waals surface area contributed by atoms with Gasteiger partial charge in [-0.3, -0.25) is 25.2 Å². The molecule has 0 radical (unpaired) electrons. The third-order valence-electron chi connectivity index (χ3n) is 4.47. The minimum atomic E-state index is -4.15. The number of nitrogens with zero attached hydrogens (tertiary/aromatic N) is 3. The van der Waals surface area contributed by atoms with Gasteiger partial charge in [-0.25, -0.2) is 8.42 Å². The van der Waals surface area contributed by atoms with E-state index in [-0.39, 0.29) is 16.3 Å². The lowest BCUT2D eigenvalue weighted by atomic mass is 10.1. The molecule has 0 unspecified atom stereocenters. The summed E-state index contributed by atoms with van der Waals surface area (Å²) in [5.41, 5.74) is 5.67. The second-order valence-corrected chi connectivity index (χ2v) is 8.54. The monoisotopic (exact) mass is 439 g/mol. The van der Waals surface area contributed by atoms with Gasteiger partial charge in [-0.05, 0) is 50.6 Å². The fraction of sp³-hybridized carbons (Fsp3) is 0.143. The number of nitrogens with one attached hydrogen (secondary N) is 2. The highest BCUT2D eigenvalue weighted by atomic mass is 32.2. The molecule has 10 heteroatoms. The maximum absolute atomic E-state index is 13.1. The number of nitro benzene ring substituents is 1. The van der Waals surface area contributed by atoms with E-state index >= 15 is 0 Å². The molecular weight excluding hydrogens is 418 g/mol. The average Bonchev–Trinajstić information content (AvgIpc) is 2.74. The SMILES string of the molecule is CC(=NNc1ccc([N+](=O)[O-])cc1S(=O)(=O)Nc1ccc(C)cc1C)c1ccccn1. The molecule has 0 aliphatic rings. The van der Waals surface area contributed by atoms with Crippen LogP contribution < -0.4 is 10.1 Å². The van der Waals surface area contributed by atoms with Gasteiger partial charge in [-0.2, -0.15) is 5.10 Å². The summed E-state index contributed by atoms with van der Waals surface area (Å²) in [5.74, 6) is 0. The van der Waals surface area contributed by atoms with Crippen LogP contribution in [0.15, 0.2) is 70.8 Å². The first-order valence-electron chi connectivity index (χ1n) is 9.27. The number of non-ortho nitro benzene ring substituents is 1. The Hall–Kier alpha value is -3.79. The molecule has 0 saturated carbocycles. The molecule has 2 N–H and O–H groups in total. The Kier molecular flexibility index (Phi) is 6.30. The number of rotatable bonds is 7. The van der Waals surface area contributed by atoms with E-state index in [9.17, 15) is 18.5 Å². The van der Waals surface area contributed by atoms with Crippen LogP contribution in [0.1, 0.15) is 23.7 Å². The van der Waals surface area contributed by atoms with Crippen molar-refractivity contribution in [3.63, 3.8) is 0 Å². The molecule has 3 rings (SSSR count). The summed E-state index contributed by atoms with van der Waals surface area (Å²) in [6.45, 7) is 5.39. The largest absolute Gasteiger partial charge is 0.279 e. The molecule has 0 fully saturated rings. The zero-order chi connectivity index (χ0) is 22.6. The Labute approximate surface area is 180 Å². The van der Waals surface area contributed by atoms with Crippen LogP contribution in [-0.2, 0) is 10.0 Å². The number of hydrogen-bond donors (Lipinski definition) is 2. The molecule has 160 valence electrons. The minimum Gasteiger partial charge on any atom is -0.279 e. The van der Waals surface area contributed by atoms with E-state index < -0.39 is 14.9 Å². The summed E-state index contributed by atoms with van der Waals surface area (Å²) in [6.07, 6.45) is 1.62. The van der Waals surface area contributed by atoms with Gasteiger partial charge in [0.1, 0.15) is 4.90 Å². The van der Waals surface area contributed by atoms with E-state index in [1.54, 1.807) is 50.4 Å². The van der Waals surface area contributed by atoms with Gasteiger partial charge in [0.2, 0.25) is 0 Å². The summed E-state index contributed by atoms with van der Waals surface area (Å²) in [4.78, 5) is 14.5. The van der Waals surface area contributed by atoms with Crippen LogP contribution in [0.5, 0.6) is 0 Å². The van der Waals surface area contributed by atoms with Crippen molar-refractivity contribution < 1.29 is 13.3 Å². The average molecular weight is 439 g/mol. The molecule has 2 aromatic carbocycles. The highest BCUT2D eigenvalue weighted by molar-refractivity contribution is 7.92. The lowest BCUT2D eigenvalue weighted by Crippen LogP contribution is -2.16. The van der Waals surface area contributed by atoms with Crippen molar-refractivity contribution in [2.45, 2.75) is 25.7 Å². The fourth-order valence-corrected chi connectivity index (χ4v) is 4.15. The van der Waals surface area contributed by atoms with Crippen LogP contribution in [0.3, 0.4) is 0 Å². The number of benzene rings is 2. The zero-order valence-electron chi connectivity index (χ0n) is 17.2. The van der Waals surface area contributed by atoms with Gasteiger partial charge in [0.05, 0.1) is 27.7 Å². The number of anilines is 2. The van der Waals surface area contributed by atoms with E-state index in [0.29, 0.717) is 17.1 Å². The normalized spacial score (nSPS) is 11.8. The standard InChI is InChI=1S/C21H21N5O4S/c1-14-7-9-18(15(2)12-14)25-31(29,30)21-13-17(26(27)28)8-10-20(21)24-23-16(3)19-6-4-5-11-22-19/h4-13,24-25H,1-3H3. The molecular formula is C21H21N5O4S. The minimum absolute atomic E-state index is 0.0955. The first-order chi connectivity index (χ1) is 14.7. The highest BCUT2D eigenvalue weighted by Crippen LogP contribution is 2.29. The Morgan fingerprint density at radius 2 is 1.81 bits per heavy atom. The number of pyridine rings is 1. The molecule has 0 bridgehead atoms. The van der Waals surface area contributed by atoms with Crippen LogP contribution in [-0.4, -0.2) is 24.0 Å². The van der Waals surface area contributed by atoms with E-state index in [1.165, 1.54) is 12.1 Å². The molecule has 1 heterocycles. The van der Waals surface area contributed by atoms with Crippen molar-refractivity contribution in [3.8, 4) is 0 Å². The second kappa shape index (κ2) is 8.92. The summed E-state index contributed by atoms with van der Waals surface area (Å²) < 4.78 is 28.7. The van der Waals surface area contributed by atoms with E-state index in [2.05, 4.69) is 20.2 Å². The van der Waals surface area contributed by atoms with Gasteiger partial charge < -0.3 is 0 Å². The molecule has 0 spiro atoms. The predicted molar refractivity (Wildman–Crippen MR) is 120 cm³/mol. The Morgan fingerprint density at radius 3 is 2.45 bits per heavy atom. The highest BCUT2D eigenvalue weighted by Gasteiger charge is 2.23. The van der Waals surface area contributed by atoms with Gasteiger partial charge >= 0.3 is 0 Å².